The summed E-state index contributed by atoms with van der Waals surface area (Å²) in [4.78, 5) is 4.17. The van der Waals surface area contributed by atoms with Crippen LogP contribution in [0.2, 0.25) is 0 Å². The minimum absolute atomic E-state index is 0.766. The SMILES string of the molecule is [CH](CC(CCC12CC3CC(CC(C3)C1)C2)C1CCCC1)c1ccncc1. The van der Waals surface area contributed by atoms with Gasteiger partial charge in [0.05, 0.1) is 0 Å². The van der Waals surface area contributed by atoms with Crippen molar-refractivity contribution in [2.75, 3.05) is 0 Å². The smallest absolute Gasteiger partial charge is 0.0270 e. The minimum atomic E-state index is 0.766. The molecule has 1 heteroatoms. The summed E-state index contributed by atoms with van der Waals surface area (Å²) in [5.74, 6) is 5.25. The number of hydrogen-bond donors (Lipinski definition) is 0. The van der Waals surface area contributed by atoms with Crippen molar-refractivity contribution < 1.29 is 0 Å². The lowest BCUT2D eigenvalue weighted by molar-refractivity contribution is -0.0609. The Balaban J connectivity index is 1.23. The van der Waals surface area contributed by atoms with Crippen LogP contribution in [0, 0.1) is 41.4 Å². The molecule has 0 saturated heterocycles. The molecule has 26 heavy (non-hydrogen) atoms. The van der Waals surface area contributed by atoms with Crippen LogP contribution in [0.5, 0.6) is 0 Å². The zero-order valence-corrected chi connectivity index (χ0v) is 16.4. The first-order valence-electron chi connectivity index (χ1n) is 11.5. The van der Waals surface area contributed by atoms with Crippen LogP contribution in [0.1, 0.15) is 89.0 Å². The van der Waals surface area contributed by atoms with Gasteiger partial charge in [-0.05, 0) is 117 Å². The highest BCUT2D eigenvalue weighted by molar-refractivity contribution is 5.19. The van der Waals surface area contributed by atoms with Gasteiger partial charge >= 0.3 is 0 Å². The zero-order valence-electron chi connectivity index (χ0n) is 16.4. The highest BCUT2D eigenvalue weighted by atomic mass is 14.6. The molecule has 6 rings (SSSR count). The predicted octanol–water partition coefficient (Wildman–Crippen LogP) is 6.83. The number of nitrogens with zero attached hydrogens (tertiary/aromatic N) is 1. The van der Waals surface area contributed by atoms with Crippen molar-refractivity contribution in [3.8, 4) is 0 Å². The molecule has 1 unspecified atom stereocenters. The predicted molar refractivity (Wildman–Crippen MR) is 108 cm³/mol. The third-order valence-corrected chi connectivity index (χ3v) is 8.64. The lowest BCUT2D eigenvalue weighted by atomic mass is 9.48. The third kappa shape index (κ3) is 3.60. The van der Waals surface area contributed by atoms with E-state index in [1.54, 1.807) is 44.9 Å². The highest BCUT2D eigenvalue weighted by Gasteiger charge is 2.50. The second-order valence-corrected chi connectivity index (χ2v) is 10.5. The maximum absolute atomic E-state index is 4.17. The van der Waals surface area contributed by atoms with E-state index in [1.807, 2.05) is 12.4 Å². The van der Waals surface area contributed by atoms with Gasteiger partial charge in [0.25, 0.3) is 0 Å². The van der Waals surface area contributed by atoms with Gasteiger partial charge in [-0.25, -0.2) is 0 Å². The second kappa shape index (κ2) is 7.28. The van der Waals surface area contributed by atoms with Crippen LogP contribution in [-0.2, 0) is 0 Å². The monoisotopic (exact) mass is 350 g/mol. The summed E-state index contributed by atoms with van der Waals surface area (Å²) in [5.41, 5.74) is 2.14. The average Bonchev–Trinajstić information content (AvgIpc) is 3.16. The molecular weight excluding hydrogens is 314 g/mol. The first kappa shape index (κ1) is 17.3. The van der Waals surface area contributed by atoms with Crippen LogP contribution in [0.15, 0.2) is 24.5 Å². The van der Waals surface area contributed by atoms with Gasteiger partial charge in [-0.1, -0.05) is 25.7 Å². The van der Waals surface area contributed by atoms with Crippen molar-refractivity contribution in [2.24, 2.45) is 35.0 Å². The summed E-state index contributed by atoms with van der Waals surface area (Å²) < 4.78 is 0. The Morgan fingerprint density at radius 1 is 0.962 bits per heavy atom. The Kier molecular flexibility index (Phi) is 4.84. The molecule has 0 aliphatic heterocycles. The van der Waals surface area contributed by atoms with Crippen molar-refractivity contribution in [1.82, 2.24) is 4.98 Å². The first-order chi connectivity index (χ1) is 12.8. The lowest BCUT2D eigenvalue weighted by Crippen LogP contribution is -2.46. The van der Waals surface area contributed by atoms with Crippen LogP contribution >= 0.6 is 0 Å². The molecule has 1 atom stereocenters. The Bertz CT molecular complexity index is 550. The molecule has 141 valence electrons. The molecule has 5 saturated carbocycles. The topological polar surface area (TPSA) is 12.9 Å². The number of aromatic nitrogens is 1. The van der Waals surface area contributed by atoms with E-state index in [0.717, 1.165) is 35.0 Å². The summed E-state index contributed by atoms with van der Waals surface area (Å²) in [5, 5.41) is 0. The van der Waals surface area contributed by atoms with E-state index in [2.05, 4.69) is 23.5 Å². The molecule has 0 spiro atoms. The minimum Gasteiger partial charge on any atom is -0.265 e. The van der Waals surface area contributed by atoms with E-state index in [-0.39, 0.29) is 0 Å². The Morgan fingerprint density at radius 2 is 1.58 bits per heavy atom. The van der Waals surface area contributed by atoms with Crippen molar-refractivity contribution >= 4 is 0 Å². The van der Waals surface area contributed by atoms with Crippen LogP contribution in [0.25, 0.3) is 0 Å². The lowest BCUT2D eigenvalue weighted by Gasteiger charge is -2.57. The molecular formula is C25H36N. The number of rotatable bonds is 7. The fraction of sp³-hybridized carbons (Fsp3) is 0.760. The quantitative estimate of drug-likeness (QED) is 0.525. The number of hydrogen-bond acceptors (Lipinski definition) is 1. The van der Waals surface area contributed by atoms with Crippen molar-refractivity contribution in [3.63, 3.8) is 0 Å². The molecule has 1 aromatic rings. The van der Waals surface area contributed by atoms with Crippen LogP contribution in [0.3, 0.4) is 0 Å². The molecule has 5 aliphatic rings. The van der Waals surface area contributed by atoms with Gasteiger partial charge in [-0.2, -0.15) is 0 Å². The van der Waals surface area contributed by atoms with Crippen LogP contribution in [-0.4, -0.2) is 4.98 Å². The standard InChI is InChI=1S/C25H36N/c1-2-4-23(3-1)24(6-5-19-8-11-26-12-9-19)7-10-25-16-20-13-21(17-25)15-22(14-20)18-25/h5,8-9,11-12,20-24H,1-4,6-7,10,13-18H2. The molecule has 1 aromatic heterocycles. The van der Waals surface area contributed by atoms with E-state index in [1.165, 1.54) is 44.1 Å². The number of pyridine rings is 1. The summed E-state index contributed by atoms with van der Waals surface area (Å²) in [6.07, 6.45) is 26.2. The van der Waals surface area contributed by atoms with Crippen LogP contribution in [0.4, 0.5) is 0 Å². The fourth-order valence-electron chi connectivity index (χ4n) is 7.85. The Hall–Kier alpha value is -0.850. The van der Waals surface area contributed by atoms with Gasteiger partial charge in [0.15, 0.2) is 0 Å². The molecule has 0 amide bonds. The maximum Gasteiger partial charge on any atom is 0.0270 e. The van der Waals surface area contributed by atoms with Crippen molar-refractivity contribution in [2.45, 2.75) is 83.5 Å². The van der Waals surface area contributed by atoms with E-state index >= 15 is 0 Å². The second-order valence-electron chi connectivity index (χ2n) is 10.5. The van der Waals surface area contributed by atoms with Crippen LogP contribution < -0.4 is 0 Å². The molecule has 5 fully saturated rings. The summed E-state index contributed by atoms with van der Waals surface area (Å²) in [6.45, 7) is 0. The molecule has 5 aliphatic carbocycles. The Morgan fingerprint density at radius 3 is 2.19 bits per heavy atom. The Labute approximate surface area is 160 Å². The molecule has 4 bridgehead atoms. The zero-order chi connectivity index (χ0) is 17.4. The summed E-state index contributed by atoms with van der Waals surface area (Å²) in [7, 11) is 0. The third-order valence-electron chi connectivity index (χ3n) is 8.64. The van der Waals surface area contributed by atoms with E-state index in [9.17, 15) is 0 Å². The summed E-state index contributed by atoms with van der Waals surface area (Å²) in [6, 6.07) is 4.34. The molecule has 0 N–H and O–H groups in total. The van der Waals surface area contributed by atoms with Crippen molar-refractivity contribution in [1.29, 1.82) is 0 Å². The highest BCUT2D eigenvalue weighted by Crippen LogP contribution is 2.62. The average molecular weight is 351 g/mol. The summed E-state index contributed by atoms with van der Waals surface area (Å²) >= 11 is 0. The van der Waals surface area contributed by atoms with E-state index < -0.39 is 0 Å². The normalized spacial score (nSPS) is 37.3. The molecule has 0 aromatic carbocycles. The maximum atomic E-state index is 4.17. The van der Waals surface area contributed by atoms with E-state index in [4.69, 9.17) is 0 Å². The van der Waals surface area contributed by atoms with Gasteiger partial charge in [0.1, 0.15) is 0 Å². The fourth-order valence-corrected chi connectivity index (χ4v) is 7.85. The van der Waals surface area contributed by atoms with E-state index in [0.29, 0.717) is 0 Å². The van der Waals surface area contributed by atoms with Gasteiger partial charge in [0.2, 0.25) is 0 Å². The largest absolute Gasteiger partial charge is 0.265 e. The molecule has 1 nitrogen and oxygen atoms in total. The van der Waals surface area contributed by atoms with Gasteiger partial charge < -0.3 is 0 Å². The van der Waals surface area contributed by atoms with Gasteiger partial charge in [-0.3, -0.25) is 4.98 Å². The van der Waals surface area contributed by atoms with Gasteiger partial charge in [0, 0.05) is 12.4 Å². The first-order valence-corrected chi connectivity index (χ1v) is 11.5. The van der Waals surface area contributed by atoms with Gasteiger partial charge in [-0.15, -0.1) is 0 Å². The molecule has 1 radical (unpaired) electrons. The molecule has 1 heterocycles. The van der Waals surface area contributed by atoms with Crippen molar-refractivity contribution in [3.05, 3.63) is 36.5 Å².